The fourth-order valence-electron chi connectivity index (χ4n) is 1.98. The molecular weight excluding hydrogens is 168 g/mol. The molecule has 2 rings (SSSR count). The van der Waals surface area contributed by atoms with E-state index in [4.69, 9.17) is 0 Å². The molecular formula is C14H16. The molecule has 2 aliphatic carbocycles. The lowest BCUT2D eigenvalue weighted by molar-refractivity contribution is 1.10. The lowest BCUT2D eigenvalue weighted by atomic mass is 9.91. The normalized spacial score (nSPS) is 22.8. The summed E-state index contributed by atoms with van der Waals surface area (Å²) in [5.41, 5.74) is 4.40. The third-order valence-electron chi connectivity index (χ3n) is 2.65. The molecule has 0 bridgehead atoms. The van der Waals surface area contributed by atoms with Crippen molar-refractivity contribution in [3.63, 3.8) is 0 Å². The zero-order valence-corrected chi connectivity index (χ0v) is 8.66. The molecule has 0 aromatic carbocycles. The lowest BCUT2D eigenvalue weighted by Crippen LogP contribution is -1.95. The smallest absolute Gasteiger partial charge is 0.00883 e. The van der Waals surface area contributed by atoms with Crippen LogP contribution >= 0.6 is 0 Å². The van der Waals surface area contributed by atoms with Crippen LogP contribution < -0.4 is 0 Å². The van der Waals surface area contributed by atoms with Crippen molar-refractivity contribution in [1.82, 2.24) is 0 Å². The number of rotatable bonds is 2. The van der Waals surface area contributed by atoms with Crippen LogP contribution in [-0.4, -0.2) is 0 Å². The Morgan fingerprint density at radius 3 is 2.64 bits per heavy atom. The van der Waals surface area contributed by atoms with Crippen LogP contribution in [0.25, 0.3) is 0 Å². The van der Waals surface area contributed by atoms with Gasteiger partial charge in [-0.25, -0.2) is 0 Å². The van der Waals surface area contributed by atoms with Gasteiger partial charge in [-0.15, -0.1) is 0 Å². The zero-order chi connectivity index (χ0) is 9.80. The highest BCUT2D eigenvalue weighted by Gasteiger charge is 2.11. The Balaban J connectivity index is 2.26. The minimum Gasteiger partial charge on any atom is -0.0807 e. The predicted octanol–water partition coefficient (Wildman–Crippen LogP) is 4.10. The van der Waals surface area contributed by atoms with Crippen molar-refractivity contribution in [2.24, 2.45) is 0 Å². The standard InChI is InChI=1S/C14H16/c1-2-7-12-8-5-6-11-14(12)13-9-3-4-10-13/h3-7,9,11H,2,8,10H2,1H3/b12-7-. The van der Waals surface area contributed by atoms with Gasteiger partial charge in [0.15, 0.2) is 0 Å². The fraction of sp³-hybridized carbons (Fsp3) is 0.286. The molecule has 0 N–H and O–H groups in total. The predicted molar refractivity (Wildman–Crippen MR) is 62.1 cm³/mol. The fourth-order valence-corrected chi connectivity index (χ4v) is 1.98. The monoisotopic (exact) mass is 184 g/mol. The Bertz CT molecular complexity index is 359. The van der Waals surface area contributed by atoms with E-state index in [-0.39, 0.29) is 0 Å². The van der Waals surface area contributed by atoms with Crippen molar-refractivity contribution in [1.29, 1.82) is 0 Å². The molecule has 0 saturated heterocycles. The van der Waals surface area contributed by atoms with Gasteiger partial charge in [-0.3, -0.25) is 0 Å². The van der Waals surface area contributed by atoms with E-state index in [0.717, 1.165) is 19.3 Å². The third-order valence-corrected chi connectivity index (χ3v) is 2.65. The summed E-state index contributed by atoms with van der Waals surface area (Å²) in [6.45, 7) is 2.20. The van der Waals surface area contributed by atoms with Crippen molar-refractivity contribution in [2.75, 3.05) is 0 Å². The summed E-state index contributed by atoms with van der Waals surface area (Å²) >= 11 is 0. The Hall–Kier alpha value is -1.30. The third kappa shape index (κ3) is 1.79. The van der Waals surface area contributed by atoms with Crippen LogP contribution in [0.5, 0.6) is 0 Å². The summed E-state index contributed by atoms with van der Waals surface area (Å²) < 4.78 is 0. The van der Waals surface area contributed by atoms with Gasteiger partial charge in [0.1, 0.15) is 0 Å². The summed E-state index contributed by atoms with van der Waals surface area (Å²) in [5, 5.41) is 0. The number of hydrogen-bond acceptors (Lipinski definition) is 0. The molecule has 0 aromatic rings. The molecule has 0 saturated carbocycles. The van der Waals surface area contributed by atoms with Gasteiger partial charge in [-0.05, 0) is 36.0 Å². The van der Waals surface area contributed by atoms with E-state index in [0.29, 0.717) is 0 Å². The molecule has 0 spiro atoms. The van der Waals surface area contributed by atoms with E-state index in [2.05, 4.69) is 49.5 Å². The molecule has 0 amide bonds. The van der Waals surface area contributed by atoms with Gasteiger partial charge in [0.2, 0.25) is 0 Å². The molecule has 0 heterocycles. The first-order valence-electron chi connectivity index (χ1n) is 5.34. The SMILES string of the molecule is CC/C=C1/CC=CC=C1C1=CC=CC1. The van der Waals surface area contributed by atoms with E-state index >= 15 is 0 Å². The van der Waals surface area contributed by atoms with Gasteiger partial charge in [0, 0.05) is 0 Å². The molecule has 14 heavy (non-hydrogen) atoms. The second-order valence-corrected chi connectivity index (χ2v) is 3.67. The van der Waals surface area contributed by atoms with Crippen LogP contribution in [0.2, 0.25) is 0 Å². The van der Waals surface area contributed by atoms with Gasteiger partial charge >= 0.3 is 0 Å². The highest BCUT2D eigenvalue weighted by Crippen LogP contribution is 2.30. The average molecular weight is 184 g/mol. The molecule has 2 aliphatic rings. The van der Waals surface area contributed by atoms with Gasteiger partial charge in [0.05, 0.1) is 0 Å². The van der Waals surface area contributed by atoms with Crippen LogP contribution in [0.3, 0.4) is 0 Å². The maximum Gasteiger partial charge on any atom is -0.00883 e. The minimum absolute atomic E-state index is 1.09. The summed E-state index contributed by atoms with van der Waals surface area (Å²) in [7, 11) is 0. The lowest BCUT2D eigenvalue weighted by Gasteiger charge is -2.14. The number of allylic oxidation sites excluding steroid dienone is 10. The van der Waals surface area contributed by atoms with Crippen LogP contribution in [0.4, 0.5) is 0 Å². The molecule has 0 fully saturated rings. The maximum atomic E-state index is 2.34. The topological polar surface area (TPSA) is 0 Å². The van der Waals surface area contributed by atoms with Crippen LogP contribution in [-0.2, 0) is 0 Å². The second-order valence-electron chi connectivity index (χ2n) is 3.67. The number of hydrogen-bond donors (Lipinski definition) is 0. The Labute approximate surface area is 86.0 Å². The quantitative estimate of drug-likeness (QED) is 0.606. The zero-order valence-electron chi connectivity index (χ0n) is 8.66. The maximum absolute atomic E-state index is 2.34. The second kappa shape index (κ2) is 4.28. The van der Waals surface area contributed by atoms with Crippen molar-refractivity contribution < 1.29 is 0 Å². The average Bonchev–Trinajstić information content (AvgIpc) is 2.72. The van der Waals surface area contributed by atoms with Crippen molar-refractivity contribution in [3.05, 3.63) is 59.3 Å². The van der Waals surface area contributed by atoms with E-state index in [1.165, 1.54) is 16.7 Å². The molecule has 0 unspecified atom stereocenters. The highest BCUT2D eigenvalue weighted by atomic mass is 14.2. The Morgan fingerprint density at radius 2 is 1.93 bits per heavy atom. The largest absolute Gasteiger partial charge is 0.0807 e. The van der Waals surface area contributed by atoms with Gasteiger partial charge in [-0.2, -0.15) is 0 Å². The van der Waals surface area contributed by atoms with Crippen LogP contribution in [0.15, 0.2) is 59.3 Å². The van der Waals surface area contributed by atoms with Gasteiger partial charge < -0.3 is 0 Å². The summed E-state index contributed by atoms with van der Waals surface area (Å²) in [6.07, 6.45) is 18.9. The molecule has 0 atom stereocenters. The van der Waals surface area contributed by atoms with Crippen molar-refractivity contribution in [2.45, 2.75) is 26.2 Å². The molecule has 0 radical (unpaired) electrons. The van der Waals surface area contributed by atoms with E-state index in [1.54, 1.807) is 0 Å². The first kappa shape index (κ1) is 9.26. The first-order valence-corrected chi connectivity index (χ1v) is 5.34. The van der Waals surface area contributed by atoms with Gasteiger partial charge in [-0.1, -0.05) is 49.5 Å². The molecule has 0 aliphatic heterocycles. The molecule has 72 valence electrons. The van der Waals surface area contributed by atoms with Crippen molar-refractivity contribution >= 4 is 0 Å². The summed E-state index contributed by atoms with van der Waals surface area (Å²) in [6, 6.07) is 0. The van der Waals surface area contributed by atoms with Crippen molar-refractivity contribution in [3.8, 4) is 0 Å². The van der Waals surface area contributed by atoms with Gasteiger partial charge in [0.25, 0.3) is 0 Å². The molecule has 0 heteroatoms. The van der Waals surface area contributed by atoms with Crippen LogP contribution in [0.1, 0.15) is 26.2 Å². The van der Waals surface area contributed by atoms with E-state index in [1.807, 2.05) is 0 Å². The summed E-state index contributed by atoms with van der Waals surface area (Å²) in [4.78, 5) is 0. The Morgan fingerprint density at radius 1 is 1.14 bits per heavy atom. The molecule has 0 aromatic heterocycles. The Kier molecular flexibility index (Phi) is 2.83. The van der Waals surface area contributed by atoms with Crippen LogP contribution in [0, 0.1) is 0 Å². The summed E-state index contributed by atoms with van der Waals surface area (Å²) in [5.74, 6) is 0. The van der Waals surface area contributed by atoms with E-state index in [9.17, 15) is 0 Å². The minimum atomic E-state index is 1.09. The first-order chi connectivity index (χ1) is 6.92. The highest BCUT2D eigenvalue weighted by molar-refractivity contribution is 5.54. The molecule has 0 nitrogen and oxygen atoms in total. The van der Waals surface area contributed by atoms with E-state index < -0.39 is 0 Å².